The summed E-state index contributed by atoms with van der Waals surface area (Å²) >= 11 is 3.68. The number of thiazole rings is 1. The zero-order valence-corrected chi connectivity index (χ0v) is 11.8. The van der Waals surface area contributed by atoms with Crippen molar-refractivity contribution in [3.05, 3.63) is 27.6 Å². The Kier molecular flexibility index (Phi) is 3.03. The quantitative estimate of drug-likeness (QED) is 0.893. The number of rotatable bonds is 2. The highest BCUT2D eigenvalue weighted by Gasteiger charge is 2.24. The average Bonchev–Trinajstić information content (AvgIpc) is 2.93. The number of aryl methyl sites for hydroxylation is 2. The van der Waals surface area contributed by atoms with Crippen LogP contribution >= 0.6 is 22.7 Å². The number of aromatic nitrogens is 1. The van der Waals surface area contributed by atoms with Crippen molar-refractivity contribution < 1.29 is 0 Å². The predicted molar refractivity (Wildman–Crippen MR) is 74.9 cm³/mol. The van der Waals surface area contributed by atoms with E-state index in [4.69, 9.17) is 4.98 Å². The lowest BCUT2D eigenvalue weighted by Crippen LogP contribution is -2.19. The molecule has 2 heterocycles. The molecule has 2 aromatic rings. The lowest BCUT2D eigenvalue weighted by molar-refractivity contribution is 0.501. The number of thiophene rings is 1. The fraction of sp³-hybridized carbons (Fsp3) is 0.462. The fourth-order valence-corrected chi connectivity index (χ4v) is 4.72. The van der Waals surface area contributed by atoms with Crippen LogP contribution in [0.25, 0.3) is 9.88 Å². The first-order chi connectivity index (χ1) is 8.29. The molecule has 0 amide bonds. The molecule has 1 aliphatic carbocycles. The van der Waals surface area contributed by atoms with Gasteiger partial charge in [0.2, 0.25) is 0 Å². The third-order valence-electron chi connectivity index (χ3n) is 3.36. The standard InChI is InChI=1S/C13H16N2S2/c1-8-6-7-16-11(8)13-15-10-5-3-4-9(14-2)12(10)17-13/h6-7,9,14H,3-5H2,1-2H3. The summed E-state index contributed by atoms with van der Waals surface area (Å²) in [6.07, 6.45) is 3.65. The molecule has 1 N–H and O–H groups in total. The Labute approximate surface area is 110 Å². The SMILES string of the molecule is CNC1CCCc2nc(-c3sccc3C)sc21. The van der Waals surface area contributed by atoms with Gasteiger partial charge in [-0.15, -0.1) is 22.7 Å². The van der Waals surface area contributed by atoms with Crippen molar-refractivity contribution in [1.29, 1.82) is 0 Å². The summed E-state index contributed by atoms with van der Waals surface area (Å²) in [5.74, 6) is 0. The van der Waals surface area contributed by atoms with Gasteiger partial charge in [0.15, 0.2) is 0 Å². The third-order valence-corrected chi connectivity index (χ3v) is 5.74. The lowest BCUT2D eigenvalue weighted by atomic mass is 9.98. The van der Waals surface area contributed by atoms with Crippen LogP contribution in [0, 0.1) is 6.92 Å². The Hall–Kier alpha value is -0.710. The van der Waals surface area contributed by atoms with Crippen molar-refractivity contribution in [2.75, 3.05) is 7.05 Å². The molecule has 90 valence electrons. The van der Waals surface area contributed by atoms with E-state index in [9.17, 15) is 0 Å². The molecule has 4 heteroatoms. The zero-order valence-electron chi connectivity index (χ0n) is 10.1. The van der Waals surface area contributed by atoms with Crippen LogP contribution in [0.1, 0.15) is 35.0 Å². The monoisotopic (exact) mass is 264 g/mol. The molecule has 0 bridgehead atoms. The van der Waals surface area contributed by atoms with Gasteiger partial charge in [-0.25, -0.2) is 4.98 Å². The minimum absolute atomic E-state index is 0.519. The maximum absolute atomic E-state index is 4.84. The van der Waals surface area contributed by atoms with Gasteiger partial charge in [-0.2, -0.15) is 0 Å². The maximum atomic E-state index is 4.84. The van der Waals surface area contributed by atoms with Gasteiger partial charge in [-0.05, 0) is 50.2 Å². The number of fused-ring (bicyclic) bond motifs is 1. The van der Waals surface area contributed by atoms with Crippen LogP contribution < -0.4 is 5.32 Å². The molecule has 0 radical (unpaired) electrons. The molecule has 3 rings (SSSR count). The molecule has 0 aliphatic heterocycles. The van der Waals surface area contributed by atoms with Crippen molar-refractivity contribution in [3.8, 4) is 9.88 Å². The van der Waals surface area contributed by atoms with E-state index in [1.165, 1.54) is 38.9 Å². The molecule has 0 fully saturated rings. The Bertz CT molecular complexity index is 527. The van der Waals surface area contributed by atoms with Crippen molar-refractivity contribution in [2.45, 2.75) is 32.2 Å². The van der Waals surface area contributed by atoms with Gasteiger partial charge in [0, 0.05) is 10.9 Å². The summed E-state index contributed by atoms with van der Waals surface area (Å²) in [4.78, 5) is 7.65. The summed E-state index contributed by atoms with van der Waals surface area (Å²) in [7, 11) is 2.05. The Morgan fingerprint density at radius 3 is 3.06 bits per heavy atom. The normalized spacial score (nSPS) is 19.3. The topological polar surface area (TPSA) is 24.9 Å². The summed E-state index contributed by atoms with van der Waals surface area (Å²) in [5, 5.41) is 6.77. The third kappa shape index (κ3) is 1.94. The molecular weight excluding hydrogens is 248 g/mol. The summed E-state index contributed by atoms with van der Waals surface area (Å²) in [6.45, 7) is 2.17. The summed E-state index contributed by atoms with van der Waals surface area (Å²) < 4.78 is 0. The van der Waals surface area contributed by atoms with Gasteiger partial charge in [-0.3, -0.25) is 0 Å². The first-order valence-electron chi connectivity index (χ1n) is 6.01. The van der Waals surface area contributed by atoms with E-state index < -0.39 is 0 Å². The van der Waals surface area contributed by atoms with Crippen LogP contribution in [0.2, 0.25) is 0 Å². The second-order valence-corrected chi connectivity index (χ2v) is 6.44. The van der Waals surface area contributed by atoms with Crippen molar-refractivity contribution >= 4 is 22.7 Å². The van der Waals surface area contributed by atoms with Gasteiger partial charge in [0.05, 0.1) is 10.6 Å². The summed E-state index contributed by atoms with van der Waals surface area (Å²) in [6, 6.07) is 2.70. The molecule has 2 nitrogen and oxygen atoms in total. The van der Waals surface area contributed by atoms with Crippen molar-refractivity contribution in [2.24, 2.45) is 0 Å². The molecule has 0 saturated carbocycles. The maximum Gasteiger partial charge on any atom is 0.134 e. The largest absolute Gasteiger partial charge is 0.312 e. The van der Waals surface area contributed by atoms with Crippen molar-refractivity contribution in [3.63, 3.8) is 0 Å². The molecule has 1 atom stereocenters. The molecule has 0 aromatic carbocycles. The van der Waals surface area contributed by atoms with E-state index in [-0.39, 0.29) is 0 Å². The van der Waals surface area contributed by atoms with Crippen LogP contribution in [0.15, 0.2) is 11.4 Å². The van der Waals surface area contributed by atoms with Gasteiger partial charge in [0.1, 0.15) is 5.01 Å². The Balaban J connectivity index is 2.04. The first-order valence-corrected chi connectivity index (χ1v) is 7.70. The second kappa shape index (κ2) is 4.52. The van der Waals surface area contributed by atoms with E-state index >= 15 is 0 Å². The van der Waals surface area contributed by atoms with E-state index in [2.05, 4.69) is 30.7 Å². The summed E-state index contributed by atoms with van der Waals surface area (Å²) in [5.41, 5.74) is 2.67. The predicted octanol–water partition coefficient (Wildman–Crippen LogP) is 3.78. The number of nitrogens with zero attached hydrogens (tertiary/aromatic N) is 1. The number of hydrogen-bond donors (Lipinski definition) is 1. The first kappa shape index (κ1) is 11.4. The van der Waals surface area contributed by atoms with E-state index in [0.717, 1.165) is 6.42 Å². The highest BCUT2D eigenvalue weighted by atomic mass is 32.1. The molecular formula is C13H16N2S2. The van der Waals surface area contributed by atoms with Gasteiger partial charge < -0.3 is 5.32 Å². The zero-order chi connectivity index (χ0) is 11.8. The molecule has 0 spiro atoms. The highest BCUT2D eigenvalue weighted by Crippen LogP contribution is 2.40. The molecule has 0 saturated heterocycles. The molecule has 17 heavy (non-hydrogen) atoms. The van der Waals surface area contributed by atoms with E-state index in [1.54, 1.807) is 11.3 Å². The minimum atomic E-state index is 0.519. The smallest absolute Gasteiger partial charge is 0.134 e. The molecule has 2 aromatic heterocycles. The van der Waals surface area contributed by atoms with Crippen LogP contribution in [-0.4, -0.2) is 12.0 Å². The van der Waals surface area contributed by atoms with Crippen LogP contribution in [0.5, 0.6) is 0 Å². The van der Waals surface area contributed by atoms with Gasteiger partial charge >= 0.3 is 0 Å². The van der Waals surface area contributed by atoms with Gasteiger partial charge in [0.25, 0.3) is 0 Å². The Morgan fingerprint density at radius 2 is 2.35 bits per heavy atom. The van der Waals surface area contributed by atoms with Gasteiger partial charge in [-0.1, -0.05) is 0 Å². The average molecular weight is 264 g/mol. The highest BCUT2D eigenvalue weighted by molar-refractivity contribution is 7.21. The van der Waals surface area contributed by atoms with E-state index in [0.29, 0.717) is 6.04 Å². The van der Waals surface area contributed by atoms with Crippen molar-refractivity contribution in [1.82, 2.24) is 10.3 Å². The van der Waals surface area contributed by atoms with Crippen LogP contribution in [0.4, 0.5) is 0 Å². The van der Waals surface area contributed by atoms with E-state index in [1.807, 2.05) is 11.3 Å². The Morgan fingerprint density at radius 1 is 1.47 bits per heavy atom. The second-order valence-electron chi connectivity index (χ2n) is 4.50. The van der Waals surface area contributed by atoms with Crippen LogP contribution in [-0.2, 0) is 6.42 Å². The minimum Gasteiger partial charge on any atom is -0.312 e. The lowest BCUT2D eigenvalue weighted by Gasteiger charge is -2.19. The van der Waals surface area contributed by atoms with Crippen LogP contribution in [0.3, 0.4) is 0 Å². The molecule has 1 unspecified atom stereocenters. The number of hydrogen-bond acceptors (Lipinski definition) is 4. The fourth-order valence-electron chi connectivity index (χ4n) is 2.38. The molecule has 1 aliphatic rings. The number of nitrogens with one attached hydrogen (secondary N) is 1.